The van der Waals surface area contributed by atoms with Gasteiger partial charge in [-0.2, -0.15) is 0 Å². The average Bonchev–Trinajstić information content (AvgIpc) is 2.48. The van der Waals surface area contributed by atoms with Gasteiger partial charge in [-0.3, -0.25) is 4.98 Å². The van der Waals surface area contributed by atoms with Crippen LogP contribution in [0.15, 0.2) is 24.5 Å². The average molecular weight is 179 g/mol. The molecule has 3 heteroatoms. The highest BCUT2D eigenvalue weighted by Crippen LogP contribution is 2.32. The maximum Gasteiger partial charge on any atom is 0.163 e. The van der Waals surface area contributed by atoms with Gasteiger partial charge < -0.3 is 9.47 Å². The second-order valence-electron chi connectivity index (χ2n) is 3.60. The molecule has 0 bridgehead atoms. The minimum absolute atomic E-state index is 0.0537. The predicted octanol–water partition coefficient (Wildman–Crippen LogP) is 1.91. The summed E-state index contributed by atoms with van der Waals surface area (Å²) in [6, 6.07) is 3.91. The molecule has 1 aliphatic rings. The first-order valence-corrected chi connectivity index (χ1v) is 4.39. The molecule has 1 aliphatic heterocycles. The Morgan fingerprint density at radius 3 is 2.62 bits per heavy atom. The van der Waals surface area contributed by atoms with Gasteiger partial charge in [-0.15, -0.1) is 0 Å². The van der Waals surface area contributed by atoms with Crippen LogP contribution in [0.25, 0.3) is 0 Å². The molecule has 1 unspecified atom stereocenters. The fourth-order valence-corrected chi connectivity index (χ4v) is 1.43. The summed E-state index contributed by atoms with van der Waals surface area (Å²) in [6.45, 7) is 4.47. The molecule has 0 radical (unpaired) electrons. The highest BCUT2D eigenvalue weighted by Gasteiger charge is 2.33. The zero-order valence-electron chi connectivity index (χ0n) is 7.86. The molecule has 1 saturated heterocycles. The third-order valence-electron chi connectivity index (χ3n) is 2.09. The first-order chi connectivity index (χ1) is 6.17. The van der Waals surface area contributed by atoms with E-state index in [1.54, 1.807) is 12.4 Å². The number of hydrogen-bond acceptors (Lipinski definition) is 3. The Morgan fingerprint density at radius 2 is 2.08 bits per heavy atom. The van der Waals surface area contributed by atoms with Crippen molar-refractivity contribution < 1.29 is 9.47 Å². The molecule has 1 fully saturated rings. The molecule has 2 heterocycles. The van der Waals surface area contributed by atoms with Crippen molar-refractivity contribution in [3.63, 3.8) is 0 Å². The van der Waals surface area contributed by atoms with Crippen LogP contribution in [0.3, 0.4) is 0 Å². The smallest absolute Gasteiger partial charge is 0.163 e. The van der Waals surface area contributed by atoms with Gasteiger partial charge in [0.2, 0.25) is 0 Å². The van der Waals surface area contributed by atoms with Crippen LogP contribution in [-0.4, -0.2) is 17.4 Å². The summed E-state index contributed by atoms with van der Waals surface area (Å²) in [5, 5.41) is 0. The molecule has 0 aliphatic carbocycles. The highest BCUT2D eigenvalue weighted by molar-refractivity contribution is 5.14. The van der Waals surface area contributed by atoms with Crippen molar-refractivity contribution in [1.82, 2.24) is 4.98 Å². The van der Waals surface area contributed by atoms with Gasteiger partial charge in [-0.1, -0.05) is 0 Å². The second-order valence-corrected chi connectivity index (χ2v) is 3.60. The van der Waals surface area contributed by atoms with Crippen molar-refractivity contribution in [2.24, 2.45) is 0 Å². The topological polar surface area (TPSA) is 31.4 Å². The van der Waals surface area contributed by atoms with Crippen molar-refractivity contribution in [1.29, 1.82) is 0 Å². The Labute approximate surface area is 77.7 Å². The van der Waals surface area contributed by atoms with E-state index in [2.05, 4.69) is 4.98 Å². The van der Waals surface area contributed by atoms with Crippen LogP contribution in [0.4, 0.5) is 0 Å². The van der Waals surface area contributed by atoms with Gasteiger partial charge in [-0.05, 0) is 31.5 Å². The Hall–Kier alpha value is -0.930. The SMILES string of the molecule is CC1(C)OCC(c2ccncc2)O1. The Bertz CT molecular complexity index is 284. The lowest BCUT2D eigenvalue weighted by Gasteiger charge is -2.16. The van der Waals surface area contributed by atoms with Crippen LogP contribution >= 0.6 is 0 Å². The molecular formula is C10H13NO2. The number of hydrogen-bond donors (Lipinski definition) is 0. The molecule has 3 nitrogen and oxygen atoms in total. The van der Waals surface area contributed by atoms with Crippen molar-refractivity contribution in [3.8, 4) is 0 Å². The quantitative estimate of drug-likeness (QED) is 0.659. The number of aromatic nitrogens is 1. The van der Waals surface area contributed by atoms with E-state index >= 15 is 0 Å². The molecule has 0 amide bonds. The molecule has 0 spiro atoms. The van der Waals surface area contributed by atoms with Gasteiger partial charge in [0.15, 0.2) is 5.79 Å². The maximum atomic E-state index is 5.68. The molecule has 1 aromatic heterocycles. The first kappa shape index (κ1) is 8.66. The third kappa shape index (κ3) is 1.87. The molecule has 0 aromatic carbocycles. The maximum absolute atomic E-state index is 5.68. The van der Waals surface area contributed by atoms with Crippen LogP contribution in [-0.2, 0) is 9.47 Å². The monoisotopic (exact) mass is 179 g/mol. The number of nitrogens with zero attached hydrogens (tertiary/aromatic N) is 1. The van der Waals surface area contributed by atoms with Crippen molar-refractivity contribution in [2.75, 3.05) is 6.61 Å². The zero-order valence-corrected chi connectivity index (χ0v) is 7.86. The largest absolute Gasteiger partial charge is 0.347 e. The summed E-state index contributed by atoms with van der Waals surface area (Å²) in [6.07, 6.45) is 3.59. The Balaban J connectivity index is 2.13. The van der Waals surface area contributed by atoms with E-state index in [4.69, 9.17) is 9.47 Å². The van der Waals surface area contributed by atoms with E-state index in [9.17, 15) is 0 Å². The van der Waals surface area contributed by atoms with Crippen molar-refractivity contribution >= 4 is 0 Å². The summed E-state index contributed by atoms with van der Waals surface area (Å²) >= 11 is 0. The minimum atomic E-state index is -0.450. The van der Waals surface area contributed by atoms with Crippen LogP contribution in [0, 0.1) is 0 Å². The Kier molecular flexibility index (Phi) is 2.06. The number of rotatable bonds is 1. The second kappa shape index (κ2) is 3.09. The standard InChI is InChI=1S/C10H13NO2/c1-10(2)12-7-9(13-10)8-3-5-11-6-4-8/h3-6,9H,7H2,1-2H3. The molecule has 0 saturated carbocycles. The van der Waals surface area contributed by atoms with Crippen LogP contribution in [0.2, 0.25) is 0 Å². The predicted molar refractivity (Wildman–Crippen MR) is 48.1 cm³/mol. The minimum Gasteiger partial charge on any atom is -0.347 e. The fourth-order valence-electron chi connectivity index (χ4n) is 1.43. The third-order valence-corrected chi connectivity index (χ3v) is 2.09. The van der Waals surface area contributed by atoms with E-state index in [0.29, 0.717) is 6.61 Å². The van der Waals surface area contributed by atoms with Gasteiger partial charge in [0.1, 0.15) is 6.10 Å². The van der Waals surface area contributed by atoms with Crippen LogP contribution in [0.1, 0.15) is 25.5 Å². The first-order valence-electron chi connectivity index (χ1n) is 4.39. The molecule has 70 valence electrons. The molecule has 13 heavy (non-hydrogen) atoms. The summed E-state index contributed by atoms with van der Waals surface area (Å²) in [5.41, 5.74) is 1.13. The summed E-state index contributed by atoms with van der Waals surface area (Å²) in [4.78, 5) is 3.96. The molecule has 1 atom stereocenters. The zero-order chi connectivity index (χ0) is 9.31. The molecule has 0 N–H and O–H groups in total. The molecule has 2 rings (SSSR count). The normalized spacial score (nSPS) is 26.2. The summed E-state index contributed by atoms with van der Waals surface area (Å²) < 4.78 is 11.1. The fraction of sp³-hybridized carbons (Fsp3) is 0.500. The van der Waals surface area contributed by atoms with E-state index in [1.165, 1.54) is 0 Å². The summed E-state index contributed by atoms with van der Waals surface area (Å²) in [7, 11) is 0. The van der Waals surface area contributed by atoms with Gasteiger partial charge in [0, 0.05) is 12.4 Å². The van der Waals surface area contributed by atoms with Crippen LogP contribution in [0.5, 0.6) is 0 Å². The summed E-state index contributed by atoms with van der Waals surface area (Å²) in [5.74, 6) is -0.450. The van der Waals surface area contributed by atoms with Crippen molar-refractivity contribution in [3.05, 3.63) is 30.1 Å². The number of pyridine rings is 1. The van der Waals surface area contributed by atoms with Crippen LogP contribution < -0.4 is 0 Å². The number of ether oxygens (including phenoxy) is 2. The lowest BCUT2D eigenvalue weighted by Crippen LogP contribution is -2.19. The van der Waals surface area contributed by atoms with Gasteiger partial charge >= 0.3 is 0 Å². The lowest BCUT2D eigenvalue weighted by atomic mass is 10.2. The van der Waals surface area contributed by atoms with E-state index < -0.39 is 5.79 Å². The molecular weight excluding hydrogens is 166 g/mol. The van der Waals surface area contributed by atoms with E-state index in [0.717, 1.165) is 5.56 Å². The highest BCUT2D eigenvalue weighted by atomic mass is 16.7. The van der Waals surface area contributed by atoms with Gasteiger partial charge in [0.25, 0.3) is 0 Å². The van der Waals surface area contributed by atoms with Gasteiger partial charge in [-0.25, -0.2) is 0 Å². The Morgan fingerprint density at radius 1 is 1.38 bits per heavy atom. The van der Waals surface area contributed by atoms with Gasteiger partial charge in [0.05, 0.1) is 6.61 Å². The lowest BCUT2D eigenvalue weighted by molar-refractivity contribution is -0.139. The van der Waals surface area contributed by atoms with Crippen molar-refractivity contribution in [2.45, 2.75) is 25.7 Å². The van der Waals surface area contributed by atoms with E-state index in [1.807, 2.05) is 26.0 Å². The molecule has 1 aromatic rings. The van der Waals surface area contributed by atoms with E-state index in [-0.39, 0.29) is 6.10 Å².